The molecule has 0 heterocycles. The summed E-state index contributed by atoms with van der Waals surface area (Å²) in [6.07, 6.45) is 1.60. The van der Waals surface area contributed by atoms with Crippen molar-refractivity contribution >= 4 is 22.2 Å². The third-order valence-corrected chi connectivity index (χ3v) is 3.65. The van der Waals surface area contributed by atoms with Gasteiger partial charge in [0, 0.05) is 10.9 Å². The number of halogens is 1. The highest BCUT2D eigenvalue weighted by Gasteiger charge is 2.08. The van der Waals surface area contributed by atoms with Crippen molar-refractivity contribution in [2.75, 3.05) is 13.7 Å². The molecule has 4 heteroatoms. The topological polar surface area (TPSA) is 35.5 Å². The Kier molecular flexibility index (Phi) is 5.39. The Bertz CT molecular complexity index is 621. The van der Waals surface area contributed by atoms with Gasteiger partial charge in [-0.25, -0.2) is 0 Å². The van der Waals surface area contributed by atoms with Crippen molar-refractivity contribution in [3.05, 3.63) is 57.6 Å². The van der Waals surface area contributed by atoms with Crippen molar-refractivity contribution in [1.29, 1.82) is 0 Å². The largest absolute Gasteiger partial charge is 0.497 e. The fourth-order valence-electron chi connectivity index (χ4n) is 2.10. The lowest BCUT2D eigenvalue weighted by atomic mass is 10.1. The van der Waals surface area contributed by atoms with Crippen LogP contribution in [-0.4, -0.2) is 20.0 Å². The highest BCUT2D eigenvalue weighted by atomic mass is 79.9. The number of methoxy groups -OCH3 is 1. The van der Waals surface area contributed by atoms with Crippen molar-refractivity contribution in [2.45, 2.75) is 13.3 Å². The number of rotatable bonds is 6. The maximum absolute atomic E-state index is 11.1. The highest BCUT2D eigenvalue weighted by Crippen LogP contribution is 2.27. The molecule has 0 aliphatic carbocycles. The third kappa shape index (κ3) is 4.08. The Morgan fingerprint density at radius 3 is 2.52 bits per heavy atom. The van der Waals surface area contributed by atoms with E-state index in [1.165, 1.54) is 5.56 Å². The van der Waals surface area contributed by atoms with Crippen LogP contribution in [0.2, 0.25) is 0 Å². The second-order valence-corrected chi connectivity index (χ2v) is 5.62. The van der Waals surface area contributed by atoms with Gasteiger partial charge in [-0.1, -0.05) is 28.1 Å². The molecule has 2 aromatic rings. The first-order chi connectivity index (χ1) is 10.1. The minimum atomic E-state index is 0.523. The van der Waals surface area contributed by atoms with Gasteiger partial charge < -0.3 is 9.47 Å². The standard InChI is InChI=1S/C17H17BrO3/c1-12-9-15(18)10-14(11-19)17(12)21-8-7-13-3-5-16(20-2)6-4-13/h3-6,9-11H,7-8H2,1-2H3. The third-order valence-electron chi connectivity index (χ3n) is 3.19. The zero-order valence-corrected chi connectivity index (χ0v) is 13.6. The summed E-state index contributed by atoms with van der Waals surface area (Å²) >= 11 is 3.38. The van der Waals surface area contributed by atoms with E-state index in [0.717, 1.165) is 28.5 Å². The highest BCUT2D eigenvalue weighted by molar-refractivity contribution is 9.10. The van der Waals surface area contributed by atoms with Gasteiger partial charge in [0.25, 0.3) is 0 Å². The Labute approximate surface area is 133 Å². The summed E-state index contributed by atoms with van der Waals surface area (Å²) in [6.45, 7) is 2.45. The lowest BCUT2D eigenvalue weighted by molar-refractivity contribution is 0.111. The molecule has 0 N–H and O–H groups in total. The maximum Gasteiger partial charge on any atom is 0.153 e. The molecule has 2 aromatic carbocycles. The van der Waals surface area contributed by atoms with Crippen LogP contribution in [0.3, 0.4) is 0 Å². The van der Waals surface area contributed by atoms with Crippen molar-refractivity contribution in [1.82, 2.24) is 0 Å². The van der Waals surface area contributed by atoms with Crippen molar-refractivity contribution < 1.29 is 14.3 Å². The molecule has 0 aliphatic rings. The summed E-state index contributed by atoms with van der Waals surface area (Å²) < 4.78 is 11.8. The molecule has 3 nitrogen and oxygen atoms in total. The number of ether oxygens (including phenoxy) is 2. The molecule has 0 unspecified atom stereocenters. The monoisotopic (exact) mass is 348 g/mol. The first-order valence-corrected chi connectivity index (χ1v) is 7.44. The van der Waals surface area contributed by atoms with Gasteiger partial charge >= 0.3 is 0 Å². The summed E-state index contributed by atoms with van der Waals surface area (Å²) in [5, 5.41) is 0. The first kappa shape index (κ1) is 15.6. The van der Waals surface area contributed by atoms with Gasteiger partial charge in [0.2, 0.25) is 0 Å². The van der Waals surface area contributed by atoms with E-state index in [9.17, 15) is 4.79 Å². The van der Waals surface area contributed by atoms with E-state index in [-0.39, 0.29) is 0 Å². The smallest absolute Gasteiger partial charge is 0.153 e. The maximum atomic E-state index is 11.1. The van der Waals surface area contributed by atoms with Crippen LogP contribution in [-0.2, 0) is 6.42 Å². The van der Waals surface area contributed by atoms with E-state index in [1.54, 1.807) is 13.2 Å². The second-order valence-electron chi connectivity index (χ2n) is 4.71. The van der Waals surface area contributed by atoms with Crippen LogP contribution in [0.5, 0.6) is 11.5 Å². The average molecular weight is 349 g/mol. The molecule has 0 aromatic heterocycles. The van der Waals surface area contributed by atoms with Crippen LogP contribution < -0.4 is 9.47 Å². The fraction of sp³-hybridized carbons (Fsp3) is 0.235. The van der Waals surface area contributed by atoms with Crippen LogP contribution >= 0.6 is 15.9 Å². The molecule has 0 saturated heterocycles. The molecule has 2 rings (SSSR count). The van der Waals surface area contributed by atoms with E-state index < -0.39 is 0 Å². The molecule has 0 saturated carbocycles. The zero-order chi connectivity index (χ0) is 15.2. The van der Waals surface area contributed by atoms with E-state index in [2.05, 4.69) is 15.9 Å². The van der Waals surface area contributed by atoms with Crippen LogP contribution in [0.25, 0.3) is 0 Å². The molecule has 0 fully saturated rings. The number of aldehydes is 1. The van der Waals surface area contributed by atoms with Crippen molar-refractivity contribution in [3.8, 4) is 11.5 Å². The zero-order valence-electron chi connectivity index (χ0n) is 12.1. The van der Waals surface area contributed by atoms with E-state index in [1.807, 2.05) is 37.3 Å². The average Bonchev–Trinajstić information content (AvgIpc) is 2.49. The summed E-state index contributed by atoms with van der Waals surface area (Å²) in [6, 6.07) is 11.6. The number of carbonyl (C=O) groups is 1. The molecule has 0 amide bonds. The predicted octanol–water partition coefficient (Wildman–Crippen LogP) is 4.20. The number of carbonyl (C=O) groups excluding carboxylic acids is 1. The lowest BCUT2D eigenvalue weighted by Gasteiger charge is -2.12. The van der Waals surface area contributed by atoms with Gasteiger partial charge in [0.05, 0.1) is 19.3 Å². The number of hydrogen-bond donors (Lipinski definition) is 0. The van der Waals surface area contributed by atoms with Crippen LogP contribution in [0.4, 0.5) is 0 Å². The molecule has 0 spiro atoms. The number of hydrogen-bond acceptors (Lipinski definition) is 3. The van der Waals surface area contributed by atoms with Gasteiger partial charge in [-0.2, -0.15) is 0 Å². The van der Waals surface area contributed by atoms with Crippen molar-refractivity contribution in [2.24, 2.45) is 0 Å². The molecule has 0 radical (unpaired) electrons. The summed E-state index contributed by atoms with van der Waals surface area (Å²) in [4.78, 5) is 11.1. The molecule has 110 valence electrons. The van der Waals surface area contributed by atoms with Crippen LogP contribution in [0.15, 0.2) is 40.9 Å². The lowest BCUT2D eigenvalue weighted by Crippen LogP contribution is -2.05. The van der Waals surface area contributed by atoms with E-state index in [4.69, 9.17) is 9.47 Å². The normalized spacial score (nSPS) is 10.2. The summed E-state index contributed by atoms with van der Waals surface area (Å²) in [7, 11) is 1.65. The molecule has 21 heavy (non-hydrogen) atoms. The number of benzene rings is 2. The van der Waals surface area contributed by atoms with Gasteiger partial charge in [-0.05, 0) is 42.3 Å². The fourth-order valence-corrected chi connectivity index (χ4v) is 2.69. The summed E-state index contributed by atoms with van der Waals surface area (Å²) in [5.41, 5.74) is 2.68. The van der Waals surface area contributed by atoms with Crippen LogP contribution in [0, 0.1) is 6.92 Å². The molecule has 0 atom stereocenters. The SMILES string of the molecule is COc1ccc(CCOc2c(C)cc(Br)cc2C=O)cc1. The van der Waals surface area contributed by atoms with Gasteiger partial charge in [0.1, 0.15) is 11.5 Å². The van der Waals surface area contributed by atoms with Crippen LogP contribution in [0.1, 0.15) is 21.5 Å². The molecule has 0 bridgehead atoms. The minimum Gasteiger partial charge on any atom is -0.497 e. The molecular formula is C17H17BrO3. The predicted molar refractivity (Wildman–Crippen MR) is 86.5 cm³/mol. The van der Waals surface area contributed by atoms with E-state index >= 15 is 0 Å². The summed E-state index contributed by atoms with van der Waals surface area (Å²) in [5.74, 6) is 1.49. The molecular weight excluding hydrogens is 332 g/mol. The second kappa shape index (κ2) is 7.27. The first-order valence-electron chi connectivity index (χ1n) is 6.65. The Balaban J connectivity index is 2.01. The van der Waals surface area contributed by atoms with Crippen molar-refractivity contribution in [3.63, 3.8) is 0 Å². The molecule has 0 aliphatic heterocycles. The van der Waals surface area contributed by atoms with Gasteiger partial charge in [-0.15, -0.1) is 0 Å². The van der Waals surface area contributed by atoms with Gasteiger partial charge in [0.15, 0.2) is 6.29 Å². The van der Waals surface area contributed by atoms with E-state index in [0.29, 0.717) is 17.9 Å². The Morgan fingerprint density at radius 2 is 1.90 bits per heavy atom. The minimum absolute atomic E-state index is 0.523. The Hall–Kier alpha value is -1.81. The number of aryl methyl sites for hydroxylation is 1. The Morgan fingerprint density at radius 1 is 1.19 bits per heavy atom. The quantitative estimate of drug-likeness (QED) is 0.734. The van der Waals surface area contributed by atoms with Gasteiger partial charge in [-0.3, -0.25) is 4.79 Å².